The molecule has 0 amide bonds. The van der Waals surface area contributed by atoms with Gasteiger partial charge in [-0.3, -0.25) is 4.79 Å². The van der Waals surface area contributed by atoms with E-state index in [2.05, 4.69) is 9.97 Å². The van der Waals surface area contributed by atoms with E-state index in [4.69, 9.17) is 9.15 Å². The molecule has 0 bridgehead atoms. The van der Waals surface area contributed by atoms with Crippen molar-refractivity contribution in [2.75, 3.05) is 6.61 Å². The molecule has 0 aliphatic carbocycles. The van der Waals surface area contributed by atoms with Gasteiger partial charge in [-0.05, 0) is 13.8 Å². The van der Waals surface area contributed by atoms with E-state index in [1.54, 1.807) is 19.2 Å². The maximum atomic E-state index is 11.2. The van der Waals surface area contributed by atoms with Crippen molar-refractivity contribution in [3.63, 3.8) is 0 Å². The van der Waals surface area contributed by atoms with Gasteiger partial charge in [-0.25, -0.2) is 9.97 Å². The van der Waals surface area contributed by atoms with Crippen molar-refractivity contribution >= 4 is 17.1 Å². The molecule has 2 aromatic heterocycles. The summed E-state index contributed by atoms with van der Waals surface area (Å²) in [4.78, 5) is 19.6. The van der Waals surface area contributed by atoms with Crippen LogP contribution < -0.4 is 0 Å². The summed E-state index contributed by atoms with van der Waals surface area (Å²) in [5, 5.41) is 11.9. The standard InChI is InChI=1S/C12H14N2O4S/c1-4-17-12(16)8-5-19-11(13-8)9-7(3)18-10(14-9)6(2)15/h5,12,16H,4H2,1-3H3. The molecule has 0 aliphatic rings. The molecule has 2 rings (SSSR count). The Hall–Kier alpha value is -1.57. The second-order valence-corrected chi connectivity index (χ2v) is 4.72. The van der Waals surface area contributed by atoms with Crippen LogP contribution in [0.1, 0.15) is 42.3 Å². The van der Waals surface area contributed by atoms with E-state index in [0.29, 0.717) is 28.8 Å². The lowest BCUT2D eigenvalue weighted by Gasteiger charge is -2.05. The number of nitrogens with zero attached hydrogens (tertiary/aromatic N) is 2. The number of thiazole rings is 1. The molecule has 102 valence electrons. The minimum absolute atomic E-state index is 0.0645. The van der Waals surface area contributed by atoms with Gasteiger partial charge in [-0.15, -0.1) is 11.3 Å². The summed E-state index contributed by atoms with van der Waals surface area (Å²) in [5.41, 5.74) is 0.943. The Morgan fingerprint density at radius 1 is 1.58 bits per heavy atom. The largest absolute Gasteiger partial charge is 0.438 e. The fourth-order valence-electron chi connectivity index (χ4n) is 1.50. The highest BCUT2D eigenvalue weighted by Gasteiger charge is 2.19. The van der Waals surface area contributed by atoms with E-state index in [0.717, 1.165) is 0 Å². The van der Waals surface area contributed by atoms with E-state index in [1.165, 1.54) is 18.3 Å². The third kappa shape index (κ3) is 2.89. The number of aryl methyl sites for hydroxylation is 1. The fraction of sp³-hybridized carbons (Fsp3) is 0.417. The highest BCUT2D eigenvalue weighted by molar-refractivity contribution is 7.13. The maximum absolute atomic E-state index is 11.2. The molecule has 2 aromatic rings. The Bertz CT molecular complexity index is 590. The first-order chi connectivity index (χ1) is 9.02. The van der Waals surface area contributed by atoms with E-state index >= 15 is 0 Å². The van der Waals surface area contributed by atoms with E-state index in [1.807, 2.05) is 0 Å². The molecule has 7 heteroatoms. The van der Waals surface area contributed by atoms with Crippen molar-refractivity contribution in [3.8, 4) is 10.7 Å². The lowest BCUT2D eigenvalue weighted by atomic mass is 10.4. The summed E-state index contributed by atoms with van der Waals surface area (Å²) < 4.78 is 10.3. The molecule has 2 heterocycles. The van der Waals surface area contributed by atoms with Crippen molar-refractivity contribution in [1.82, 2.24) is 9.97 Å². The first-order valence-electron chi connectivity index (χ1n) is 5.76. The zero-order valence-corrected chi connectivity index (χ0v) is 11.7. The summed E-state index contributed by atoms with van der Waals surface area (Å²) in [6, 6.07) is 0. The molecule has 19 heavy (non-hydrogen) atoms. The average Bonchev–Trinajstić information content (AvgIpc) is 2.95. The number of aliphatic hydroxyl groups excluding tert-OH is 1. The zero-order chi connectivity index (χ0) is 14.0. The van der Waals surface area contributed by atoms with Gasteiger partial charge in [0.15, 0.2) is 6.29 Å². The van der Waals surface area contributed by atoms with Gasteiger partial charge in [0, 0.05) is 18.9 Å². The predicted octanol–water partition coefficient (Wildman–Crippen LogP) is 2.34. The predicted molar refractivity (Wildman–Crippen MR) is 68.9 cm³/mol. The van der Waals surface area contributed by atoms with Gasteiger partial charge >= 0.3 is 0 Å². The van der Waals surface area contributed by atoms with Crippen LogP contribution in [0.5, 0.6) is 0 Å². The Balaban J connectivity index is 2.30. The second kappa shape index (κ2) is 5.60. The second-order valence-electron chi connectivity index (χ2n) is 3.87. The molecule has 0 radical (unpaired) electrons. The van der Waals surface area contributed by atoms with Crippen LogP contribution in [0.15, 0.2) is 9.80 Å². The lowest BCUT2D eigenvalue weighted by Crippen LogP contribution is -2.02. The molecule has 1 atom stereocenters. The minimum atomic E-state index is -1.05. The summed E-state index contributed by atoms with van der Waals surface area (Å²) in [5.74, 6) is 0.354. The first kappa shape index (κ1) is 13.9. The van der Waals surface area contributed by atoms with Crippen LogP contribution in [0.2, 0.25) is 0 Å². The molecule has 1 N–H and O–H groups in total. The van der Waals surface area contributed by atoms with Crippen LogP contribution in [0, 0.1) is 6.92 Å². The van der Waals surface area contributed by atoms with Crippen LogP contribution in [0.3, 0.4) is 0 Å². The average molecular weight is 282 g/mol. The van der Waals surface area contributed by atoms with Crippen LogP contribution in [-0.4, -0.2) is 27.5 Å². The number of oxazole rings is 1. The molecule has 1 unspecified atom stereocenters. The molecule has 0 saturated heterocycles. The topological polar surface area (TPSA) is 85.5 Å². The molecule has 0 aliphatic heterocycles. The summed E-state index contributed by atoms with van der Waals surface area (Å²) in [6.07, 6.45) is -1.05. The number of aliphatic hydroxyl groups is 1. The van der Waals surface area contributed by atoms with Gasteiger partial charge in [0.2, 0.25) is 5.78 Å². The molecular formula is C12H14N2O4S. The summed E-state index contributed by atoms with van der Waals surface area (Å²) in [7, 11) is 0. The highest BCUT2D eigenvalue weighted by Crippen LogP contribution is 2.29. The van der Waals surface area contributed by atoms with Gasteiger partial charge in [-0.1, -0.05) is 0 Å². The normalized spacial score (nSPS) is 12.6. The van der Waals surface area contributed by atoms with Crippen molar-refractivity contribution < 1.29 is 19.1 Å². The van der Waals surface area contributed by atoms with Crippen molar-refractivity contribution in [3.05, 3.63) is 22.7 Å². The van der Waals surface area contributed by atoms with Gasteiger partial charge in [0.1, 0.15) is 22.2 Å². The number of hydrogen-bond donors (Lipinski definition) is 1. The van der Waals surface area contributed by atoms with Gasteiger partial charge < -0.3 is 14.3 Å². The van der Waals surface area contributed by atoms with Gasteiger partial charge in [0.25, 0.3) is 5.89 Å². The number of ketones is 1. The molecule has 0 aromatic carbocycles. The fourth-order valence-corrected chi connectivity index (χ4v) is 2.36. The van der Waals surface area contributed by atoms with Crippen LogP contribution in [-0.2, 0) is 4.74 Å². The van der Waals surface area contributed by atoms with Crippen molar-refractivity contribution in [2.24, 2.45) is 0 Å². The number of rotatable bonds is 5. The van der Waals surface area contributed by atoms with Crippen LogP contribution >= 0.6 is 11.3 Å². The van der Waals surface area contributed by atoms with Crippen LogP contribution in [0.4, 0.5) is 0 Å². The number of carbonyl (C=O) groups is 1. The number of ether oxygens (including phenoxy) is 1. The third-order valence-electron chi connectivity index (χ3n) is 2.40. The van der Waals surface area contributed by atoms with E-state index in [-0.39, 0.29) is 11.7 Å². The molecule has 0 spiro atoms. The Morgan fingerprint density at radius 2 is 2.32 bits per heavy atom. The van der Waals surface area contributed by atoms with Crippen LogP contribution in [0.25, 0.3) is 10.7 Å². The molecule has 0 fully saturated rings. The minimum Gasteiger partial charge on any atom is -0.438 e. The van der Waals surface area contributed by atoms with Crippen molar-refractivity contribution in [2.45, 2.75) is 27.1 Å². The quantitative estimate of drug-likeness (QED) is 0.669. The van der Waals surface area contributed by atoms with Crippen molar-refractivity contribution in [1.29, 1.82) is 0 Å². The molecule has 0 saturated carbocycles. The summed E-state index contributed by atoms with van der Waals surface area (Å²) >= 11 is 1.31. The third-order valence-corrected chi connectivity index (χ3v) is 3.27. The van der Waals surface area contributed by atoms with Gasteiger partial charge in [0.05, 0.1) is 0 Å². The number of Topliss-reactive ketones (excluding diaryl/α,β-unsaturated/α-hetero) is 1. The van der Waals surface area contributed by atoms with E-state index in [9.17, 15) is 9.90 Å². The van der Waals surface area contributed by atoms with E-state index < -0.39 is 6.29 Å². The van der Waals surface area contributed by atoms with Gasteiger partial charge in [-0.2, -0.15) is 0 Å². The Kier molecular flexibility index (Phi) is 4.08. The first-order valence-corrected chi connectivity index (χ1v) is 6.64. The molecule has 6 nitrogen and oxygen atoms in total. The highest BCUT2D eigenvalue weighted by atomic mass is 32.1. The SMILES string of the molecule is CCOC(O)c1csc(-c2nc(C(C)=O)oc2C)n1. The Morgan fingerprint density at radius 3 is 2.89 bits per heavy atom. The zero-order valence-electron chi connectivity index (χ0n) is 10.8. The monoisotopic (exact) mass is 282 g/mol. The number of aromatic nitrogens is 2. The maximum Gasteiger partial charge on any atom is 0.263 e. The smallest absolute Gasteiger partial charge is 0.263 e. The Labute approximate surface area is 114 Å². The summed E-state index contributed by atoms with van der Waals surface area (Å²) in [6.45, 7) is 5.29. The number of carbonyl (C=O) groups excluding carboxylic acids is 1. The lowest BCUT2D eigenvalue weighted by molar-refractivity contribution is -0.100. The molecular weight excluding hydrogens is 268 g/mol. The number of hydrogen-bond acceptors (Lipinski definition) is 7.